The minimum Gasteiger partial charge on any atom is -0.338 e. The SMILES string of the molecule is CCCN(C(=O)Cn1c(=O)n(CC)c2ccccc21)C1CCNCC1. The van der Waals surface area contributed by atoms with Crippen molar-refractivity contribution in [3.63, 3.8) is 0 Å². The summed E-state index contributed by atoms with van der Waals surface area (Å²) in [6.45, 7) is 7.43. The molecule has 0 unspecified atom stereocenters. The molecule has 0 radical (unpaired) electrons. The van der Waals surface area contributed by atoms with Crippen molar-refractivity contribution in [2.75, 3.05) is 19.6 Å². The number of rotatable bonds is 6. The van der Waals surface area contributed by atoms with Gasteiger partial charge in [0.05, 0.1) is 11.0 Å². The maximum atomic E-state index is 13.0. The summed E-state index contributed by atoms with van der Waals surface area (Å²) in [4.78, 5) is 27.8. The number of amides is 1. The number of hydrogen-bond donors (Lipinski definition) is 1. The average Bonchev–Trinajstić information content (AvgIpc) is 2.91. The molecule has 6 heteroatoms. The molecule has 1 N–H and O–H groups in total. The van der Waals surface area contributed by atoms with E-state index in [-0.39, 0.29) is 24.2 Å². The largest absolute Gasteiger partial charge is 0.338 e. The van der Waals surface area contributed by atoms with E-state index >= 15 is 0 Å². The third kappa shape index (κ3) is 3.49. The Morgan fingerprint density at radius 3 is 2.40 bits per heavy atom. The summed E-state index contributed by atoms with van der Waals surface area (Å²) in [6, 6.07) is 7.99. The standard InChI is InChI=1S/C19H28N4O2/c1-3-13-22(15-9-11-20-12-10-15)18(24)14-23-17-8-6-5-7-16(17)21(4-2)19(23)25/h5-8,15,20H,3-4,9-14H2,1-2H3. The zero-order valence-electron chi connectivity index (χ0n) is 15.2. The number of nitrogens with one attached hydrogen (secondary N) is 1. The van der Waals surface area contributed by atoms with Gasteiger partial charge in [0.25, 0.3) is 0 Å². The molecular weight excluding hydrogens is 316 g/mol. The molecule has 1 fully saturated rings. The summed E-state index contributed by atoms with van der Waals surface area (Å²) in [5.41, 5.74) is 1.63. The van der Waals surface area contributed by atoms with Gasteiger partial charge in [0.15, 0.2) is 0 Å². The van der Waals surface area contributed by atoms with E-state index in [2.05, 4.69) is 12.2 Å². The van der Waals surface area contributed by atoms with Gasteiger partial charge in [0.2, 0.25) is 5.91 Å². The van der Waals surface area contributed by atoms with Gasteiger partial charge in [0, 0.05) is 19.1 Å². The smallest absolute Gasteiger partial charge is 0.329 e. The van der Waals surface area contributed by atoms with Crippen LogP contribution in [0.1, 0.15) is 33.1 Å². The van der Waals surface area contributed by atoms with E-state index in [0.717, 1.165) is 49.9 Å². The van der Waals surface area contributed by atoms with Gasteiger partial charge in [-0.15, -0.1) is 0 Å². The topological polar surface area (TPSA) is 59.3 Å². The van der Waals surface area contributed by atoms with Crippen LogP contribution in [0.15, 0.2) is 29.1 Å². The number of benzene rings is 1. The number of piperidine rings is 1. The van der Waals surface area contributed by atoms with Crippen LogP contribution in [0.2, 0.25) is 0 Å². The zero-order valence-corrected chi connectivity index (χ0v) is 15.2. The molecule has 1 aromatic heterocycles. The van der Waals surface area contributed by atoms with Crippen LogP contribution in [0.25, 0.3) is 11.0 Å². The Hall–Kier alpha value is -2.08. The van der Waals surface area contributed by atoms with Crippen LogP contribution >= 0.6 is 0 Å². The molecule has 25 heavy (non-hydrogen) atoms. The highest BCUT2D eigenvalue weighted by atomic mass is 16.2. The Morgan fingerprint density at radius 2 is 1.80 bits per heavy atom. The zero-order chi connectivity index (χ0) is 17.8. The maximum absolute atomic E-state index is 13.0. The fourth-order valence-corrected chi connectivity index (χ4v) is 3.83. The van der Waals surface area contributed by atoms with E-state index in [9.17, 15) is 9.59 Å². The number of fused-ring (bicyclic) bond motifs is 1. The molecule has 2 aromatic rings. The minimum absolute atomic E-state index is 0.0508. The Morgan fingerprint density at radius 1 is 1.16 bits per heavy atom. The minimum atomic E-state index is -0.0983. The van der Waals surface area contributed by atoms with Crippen LogP contribution < -0.4 is 11.0 Å². The average molecular weight is 344 g/mol. The van der Waals surface area contributed by atoms with Crippen LogP contribution in [0.3, 0.4) is 0 Å². The van der Waals surface area contributed by atoms with Crippen molar-refractivity contribution in [2.24, 2.45) is 0 Å². The van der Waals surface area contributed by atoms with Crippen LogP contribution in [0, 0.1) is 0 Å². The molecule has 3 rings (SSSR count). The molecule has 1 amide bonds. The van der Waals surface area contributed by atoms with Crippen molar-refractivity contribution < 1.29 is 4.79 Å². The number of aromatic nitrogens is 2. The highest BCUT2D eigenvalue weighted by molar-refractivity contribution is 5.81. The van der Waals surface area contributed by atoms with Gasteiger partial charge in [-0.2, -0.15) is 0 Å². The van der Waals surface area contributed by atoms with Crippen LogP contribution in [0.5, 0.6) is 0 Å². The van der Waals surface area contributed by atoms with Gasteiger partial charge in [-0.05, 0) is 51.4 Å². The van der Waals surface area contributed by atoms with Gasteiger partial charge in [-0.1, -0.05) is 19.1 Å². The van der Waals surface area contributed by atoms with Crippen molar-refractivity contribution in [1.82, 2.24) is 19.4 Å². The molecule has 0 atom stereocenters. The van der Waals surface area contributed by atoms with Gasteiger partial charge >= 0.3 is 5.69 Å². The monoisotopic (exact) mass is 344 g/mol. The van der Waals surface area contributed by atoms with Crippen LogP contribution in [-0.2, 0) is 17.9 Å². The van der Waals surface area contributed by atoms with E-state index in [0.29, 0.717) is 6.54 Å². The summed E-state index contributed by atoms with van der Waals surface area (Å²) in [7, 11) is 0. The molecule has 136 valence electrons. The van der Waals surface area contributed by atoms with Crippen LogP contribution in [0.4, 0.5) is 0 Å². The van der Waals surface area contributed by atoms with Gasteiger partial charge in [-0.25, -0.2) is 4.79 Å². The first-order valence-electron chi connectivity index (χ1n) is 9.35. The fraction of sp³-hybridized carbons (Fsp3) is 0.579. The lowest BCUT2D eigenvalue weighted by molar-refractivity contribution is -0.134. The Labute approximate surface area is 148 Å². The molecule has 0 aliphatic carbocycles. The lowest BCUT2D eigenvalue weighted by Crippen LogP contribution is -2.48. The van der Waals surface area contributed by atoms with E-state index in [1.165, 1.54) is 0 Å². The molecule has 0 spiro atoms. The quantitative estimate of drug-likeness (QED) is 0.869. The van der Waals surface area contributed by atoms with E-state index in [1.54, 1.807) is 9.13 Å². The van der Waals surface area contributed by atoms with Gasteiger partial charge in [0.1, 0.15) is 6.54 Å². The summed E-state index contributed by atoms with van der Waals surface area (Å²) >= 11 is 0. The maximum Gasteiger partial charge on any atom is 0.329 e. The molecule has 1 saturated heterocycles. The summed E-state index contributed by atoms with van der Waals surface area (Å²) in [5.74, 6) is 0.0508. The number of hydrogen-bond acceptors (Lipinski definition) is 3. The van der Waals surface area contributed by atoms with Crippen LogP contribution in [-0.4, -0.2) is 45.6 Å². The van der Waals surface area contributed by atoms with Crippen molar-refractivity contribution in [3.8, 4) is 0 Å². The second kappa shape index (κ2) is 7.87. The highest BCUT2D eigenvalue weighted by Crippen LogP contribution is 2.16. The predicted molar refractivity (Wildman–Crippen MR) is 99.8 cm³/mol. The molecule has 1 aromatic carbocycles. The van der Waals surface area contributed by atoms with Crippen molar-refractivity contribution in [2.45, 2.75) is 52.2 Å². The van der Waals surface area contributed by atoms with Gasteiger partial charge in [-0.3, -0.25) is 13.9 Å². The Kier molecular flexibility index (Phi) is 5.58. The first-order chi connectivity index (χ1) is 12.2. The highest BCUT2D eigenvalue weighted by Gasteiger charge is 2.26. The number of imidazole rings is 1. The number of para-hydroxylation sites is 2. The Bertz CT molecular complexity index is 786. The van der Waals surface area contributed by atoms with Crippen molar-refractivity contribution in [3.05, 3.63) is 34.7 Å². The second-order valence-electron chi connectivity index (χ2n) is 6.67. The van der Waals surface area contributed by atoms with E-state index < -0.39 is 0 Å². The molecule has 2 heterocycles. The summed E-state index contributed by atoms with van der Waals surface area (Å²) in [6.07, 6.45) is 2.90. The number of carbonyl (C=O) groups is 1. The van der Waals surface area contributed by atoms with Gasteiger partial charge < -0.3 is 10.2 Å². The predicted octanol–water partition coefficient (Wildman–Crippen LogP) is 1.81. The number of nitrogens with zero attached hydrogens (tertiary/aromatic N) is 3. The third-order valence-electron chi connectivity index (χ3n) is 5.07. The molecule has 6 nitrogen and oxygen atoms in total. The Balaban J connectivity index is 1.90. The molecular formula is C19H28N4O2. The number of carbonyl (C=O) groups excluding carboxylic acids is 1. The first-order valence-corrected chi connectivity index (χ1v) is 9.35. The normalized spacial score (nSPS) is 15.6. The molecule has 0 saturated carbocycles. The second-order valence-corrected chi connectivity index (χ2v) is 6.67. The molecule has 1 aliphatic heterocycles. The van der Waals surface area contributed by atoms with E-state index in [4.69, 9.17) is 0 Å². The lowest BCUT2D eigenvalue weighted by Gasteiger charge is -2.34. The lowest BCUT2D eigenvalue weighted by atomic mass is 10.0. The number of aryl methyl sites for hydroxylation is 1. The van der Waals surface area contributed by atoms with Crippen molar-refractivity contribution in [1.29, 1.82) is 0 Å². The summed E-state index contributed by atoms with van der Waals surface area (Å²) in [5, 5.41) is 3.35. The molecule has 1 aliphatic rings. The molecule has 0 bridgehead atoms. The third-order valence-corrected chi connectivity index (χ3v) is 5.07. The first kappa shape index (κ1) is 17.7. The van der Waals surface area contributed by atoms with Crippen molar-refractivity contribution >= 4 is 16.9 Å². The van der Waals surface area contributed by atoms with E-state index in [1.807, 2.05) is 36.1 Å². The summed E-state index contributed by atoms with van der Waals surface area (Å²) < 4.78 is 3.36. The fourth-order valence-electron chi connectivity index (χ4n) is 3.83.